The number of carboxylic acid groups (broad SMARTS) is 1. The first-order chi connectivity index (χ1) is 18.0. The third kappa shape index (κ3) is 7.58. The molecule has 1 unspecified atom stereocenters. The lowest BCUT2D eigenvalue weighted by molar-refractivity contribution is -0.123. The van der Waals surface area contributed by atoms with Crippen LogP contribution in [-0.4, -0.2) is 57.6 Å². The number of carbonyl (C=O) groups excluding carboxylic acids is 2. The SMILES string of the molecule is CC(C)Cc1cccc2cc(Cn3cccc(NC(=O)C(CCC=CC(=O)N(C)C)NC(=O)O)c3=O)[nH]c12. The van der Waals surface area contributed by atoms with Crippen LogP contribution in [0.3, 0.4) is 0 Å². The van der Waals surface area contributed by atoms with E-state index in [1.807, 2.05) is 18.2 Å². The van der Waals surface area contributed by atoms with Crippen LogP contribution in [-0.2, 0) is 22.6 Å². The van der Waals surface area contributed by atoms with Gasteiger partial charge in [-0.25, -0.2) is 4.79 Å². The van der Waals surface area contributed by atoms with Crippen molar-refractivity contribution in [3.05, 3.63) is 76.4 Å². The highest BCUT2D eigenvalue weighted by molar-refractivity contribution is 5.96. The van der Waals surface area contributed by atoms with E-state index in [-0.39, 0.29) is 31.0 Å². The number of hydrogen-bond donors (Lipinski definition) is 4. The Morgan fingerprint density at radius 2 is 1.92 bits per heavy atom. The summed E-state index contributed by atoms with van der Waals surface area (Å²) >= 11 is 0. The molecule has 202 valence electrons. The van der Waals surface area contributed by atoms with Gasteiger partial charge in [0.15, 0.2) is 0 Å². The molecular formula is C28H35N5O5. The number of nitrogens with zero attached hydrogens (tertiary/aromatic N) is 2. The molecule has 38 heavy (non-hydrogen) atoms. The molecule has 0 bridgehead atoms. The lowest BCUT2D eigenvalue weighted by Gasteiger charge is -2.16. The zero-order valence-electron chi connectivity index (χ0n) is 22.2. The van der Waals surface area contributed by atoms with E-state index in [2.05, 4.69) is 35.5 Å². The van der Waals surface area contributed by atoms with Gasteiger partial charge in [0, 0.05) is 31.5 Å². The normalized spacial score (nSPS) is 12.1. The van der Waals surface area contributed by atoms with E-state index < -0.39 is 23.6 Å². The van der Waals surface area contributed by atoms with Crippen LogP contribution in [0.4, 0.5) is 10.5 Å². The van der Waals surface area contributed by atoms with Gasteiger partial charge >= 0.3 is 6.09 Å². The fourth-order valence-corrected chi connectivity index (χ4v) is 4.15. The van der Waals surface area contributed by atoms with Crippen LogP contribution in [0.25, 0.3) is 10.9 Å². The number of carbonyl (C=O) groups is 3. The Kier molecular flexibility index (Phi) is 9.48. The highest BCUT2D eigenvalue weighted by Crippen LogP contribution is 2.22. The summed E-state index contributed by atoms with van der Waals surface area (Å²) in [5.41, 5.74) is 2.76. The standard InChI is InChI=1S/C28H35N5O5/c1-18(2)15-19-9-7-10-20-16-21(29-25(19)20)17-33-14-8-12-23(27(33)36)30-26(35)22(31-28(37)38)11-5-6-13-24(34)32(3)4/h6-10,12-14,16,18,22,29,31H,5,11,15,17H2,1-4H3,(H,30,35)(H,37,38). The summed E-state index contributed by atoms with van der Waals surface area (Å²) in [6.45, 7) is 4.61. The van der Waals surface area contributed by atoms with E-state index in [1.54, 1.807) is 32.4 Å². The molecule has 0 fully saturated rings. The summed E-state index contributed by atoms with van der Waals surface area (Å²) < 4.78 is 1.48. The first kappa shape index (κ1) is 28.2. The maximum Gasteiger partial charge on any atom is 0.405 e. The highest BCUT2D eigenvalue weighted by Gasteiger charge is 2.21. The molecule has 10 nitrogen and oxygen atoms in total. The van der Waals surface area contributed by atoms with Crippen molar-refractivity contribution in [1.29, 1.82) is 0 Å². The van der Waals surface area contributed by atoms with Crippen LogP contribution < -0.4 is 16.2 Å². The van der Waals surface area contributed by atoms with E-state index in [0.29, 0.717) is 5.92 Å². The summed E-state index contributed by atoms with van der Waals surface area (Å²) in [6.07, 6.45) is 4.56. The van der Waals surface area contributed by atoms with Crippen molar-refractivity contribution in [3.8, 4) is 0 Å². The van der Waals surface area contributed by atoms with E-state index in [0.717, 1.165) is 23.0 Å². The minimum atomic E-state index is -1.36. The second-order valence-corrected chi connectivity index (χ2v) is 9.83. The third-order valence-corrected chi connectivity index (χ3v) is 5.98. The average Bonchev–Trinajstić information content (AvgIpc) is 3.26. The average molecular weight is 522 g/mol. The molecule has 1 atom stereocenters. The summed E-state index contributed by atoms with van der Waals surface area (Å²) in [4.78, 5) is 53.7. The minimum absolute atomic E-state index is 0.0459. The van der Waals surface area contributed by atoms with Crippen LogP contribution in [0, 0.1) is 5.92 Å². The Balaban J connectivity index is 1.74. The van der Waals surface area contributed by atoms with Gasteiger partial charge in [0.2, 0.25) is 11.8 Å². The van der Waals surface area contributed by atoms with Gasteiger partial charge in [0.05, 0.1) is 6.54 Å². The van der Waals surface area contributed by atoms with Gasteiger partial charge < -0.3 is 30.2 Å². The number of aromatic amines is 1. The molecule has 0 aliphatic carbocycles. The van der Waals surface area contributed by atoms with Gasteiger partial charge in [-0.05, 0) is 60.4 Å². The van der Waals surface area contributed by atoms with Crippen LogP contribution in [0.2, 0.25) is 0 Å². The highest BCUT2D eigenvalue weighted by atomic mass is 16.4. The van der Waals surface area contributed by atoms with Crippen molar-refractivity contribution < 1.29 is 19.5 Å². The van der Waals surface area contributed by atoms with E-state index in [9.17, 15) is 19.2 Å². The van der Waals surface area contributed by atoms with Crippen molar-refractivity contribution >= 4 is 34.5 Å². The van der Waals surface area contributed by atoms with Crippen LogP contribution in [0.5, 0.6) is 0 Å². The van der Waals surface area contributed by atoms with Gasteiger partial charge in [-0.3, -0.25) is 14.4 Å². The number of benzene rings is 1. The Morgan fingerprint density at radius 3 is 2.61 bits per heavy atom. The Morgan fingerprint density at radius 1 is 1.16 bits per heavy atom. The molecule has 0 radical (unpaired) electrons. The third-order valence-electron chi connectivity index (χ3n) is 5.98. The lowest BCUT2D eigenvalue weighted by atomic mass is 10.0. The summed E-state index contributed by atoms with van der Waals surface area (Å²) in [6, 6.07) is 10.2. The molecule has 0 spiro atoms. The predicted molar refractivity (Wildman–Crippen MR) is 147 cm³/mol. The molecule has 3 aromatic rings. The topological polar surface area (TPSA) is 137 Å². The second-order valence-electron chi connectivity index (χ2n) is 9.83. The van der Waals surface area contributed by atoms with E-state index in [1.165, 1.54) is 27.2 Å². The number of anilines is 1. The van der Waals surface area contributed by atoms with Crippen LogP contribution in [0.1, 0.15) is 37.9 Å². The van der Waals surface area contributed by atoms with Crippen molar-refractivity contribution in [2.45, 2.75) is 45.7 Å². The zero-order valence-corrected chi connectivity index (χ0v) is 22.2. The molecule has 3 amide bonds. The number of para-hydroxylation sites is 1. The summed E-state index contributed by atoms with van der Waals surface area (Å²) in [5, 5.41) is 15.0. The number of fused-ring (bicyclic) bond motifs is 1. The van der Waals surface area contributed by atoms with Crippen molar-refractivity contribution in [1.82, 2.24) is 19.8 Å². The van der Waals surface area contributed by atoms with Crippen molar-refractivity contribution in [2.75, 3.05) is 19.4 Å². The van der Waals surface area contributed by atoms with Crippen LogP contribution in [0.15, 0.2) is 59.5 Å². The lowest BCUT2D eigenvalue weighted by Crippen LogP contribution is -2.44. The second kappa shape index (κ2) is 12.8. The molecule has 3 rings (SSSR count). The Bertz CT molecular complexity index is 1390. The molecule has 0 saturated carbocycles. The maximum atomic E-state index is 13.1. The van der Waals surface area contributed by atoms with Crippen molar-refractivity contribution in [3.63, 3.8) is 0 Å². The smallest absolute Gasteiger partial charge is 0.405 e. The summed E-state index contributed by atoms with van der Waals surface area (Å²) in [5.74, 6) is -0.363. The van der Waals surface area contributed by atoms with Gasteiger partial charge in [0.1, 0.15) is 11.7 Å². The molecule has 2 heterocycles. The number of aromatic nitrogens is 2. The molecule has 0 aliphatic rings. The fraction of sp³-hybridized carbons (Fsp3) is 0.357. The number of likely N-dealkylation sites (N-methyl/N-ethyl adjacent to an activating group) is 1. The number of hydrogen-bond acceptors (Lipinski definition) is 4. The summed E-state index contributed by atoms with van der Waals surface area (Å²) in [7, 11) is 3.23. The van der Waals surface area contributed by atoms with Gasteiger partial charge in [-0.1, -0.05) is 38.1 Å². The molecule has 0 saturated heterocycles. The van der Waals surface area contributed by atoms with Crippen molar-refractivity contribution in [2.24, 2.45) is 5.92 Å². The fourth-order valence-electron chi connectivity index (χ4n) is 4.15. The number of allylic oxidation sites excluding steroid dienone is 1. The monoisotopic (exact) mass is 521 g/mol. The Hall–Kier alpha value is -4.34. The number of rotatable bonds is 11. The number of nitrogens with one attached hydrogen (secondary N) is 3. The quantitative estimate of drug-likeness (QED) is 0.286. The first-order valence-electron chi connectivity index (χ1n) is 12.5. The minimum Gasteiger partial charge on any atom is -0.465 e. The van der Waals surface area contributed by atoms with E-state index in [4.69, 9.17) is 5.11 Å². The molecule has 4 N–H and O–H groups in total. The predicted octanol–water partition coefficient (Wildman–Crippen LogP) is 3.58. The zero-order chi connectivity index (χ0) is 27.8. The van der Waals surface area contributed by atoms with Gasteiger partial charge in [-0.2, -0.15) is 0 Å². The number of pyridine rings is 1. The Labute approximate surface area is 221 Å². The van der Waals surface area contributed by atoms with Gasteiger partial charge in [0.25, 0.3) is 5.56 Å². The van der Waals surface area contributed by atoms with E-state index >= 15 is 0 Å². The number of amides is 3. The number of H-pyrrole nitrogens is 1. The molecule has 2 aromatic heterocycles. The first-order valence-corrected chi connectivity index (χ1v) is 12.5. The molecule has 10 heteroatoms. The maximum absolute atomic E-state index is 13.1. The molecular weight excluding hydrogens is 486 g/mol. The largest absolute Gasteiger partial charge is 0.465 e. The van der Waals surface area contributed by atoms with Crippen LogP contribution >= 0.6 is 0 Å². The molecule has 1 aromatic carbocycles. The van der Waals surface area contributed by atoms with Gasteiger partial charge in [-0.15, -0.1) is 0 Å². The molecule has 0 aliphatic heterocycles.